The van der Waals surface area contributed by atoms with Crippen molar-refractivity contribution in [3.63, 3.8) is 0 Å². The van der Waals surface area contributed by atoms with Crippen LogP contribution in [0.2, 0.25) is 0 Å². The molecular weight excluding hydrogens is 186 g/mol. The topological polar surface area (TPSA) is 29.9 Å². The third-order valence-corrected chi connectivity index (χ3v) is 3.84. The largest absolute Gasteiger partial charge is 0.317 e. The van der Waals surface area contributed by atoms with Gasteiger partial charge in [-0.2, -0.15) is 5.10 Å². The Hall–Kier alpha value is -0.830. The van der Waals surface area contributed by atoms with Crippen molar-refractivity contribution >= 4 is 0 Å². The van der Waals surface area contributed by atoms with E-state index in [1.165, 1.54) is 18.5 Å². The molecular formula is C12H21N3. The van der Waals surface area contributed by atoms with Crippen molar-refractivity contribution < 1.29 is 0 Å². The molecule has 15 heavy (non-hydrogen) atoms. The summed E-state index contributed by atoms with van der Waals surface area (Å²) >= 11 is 0. The van der Waals surface area contributed by atoms with Crippen molar-refractivity contribution in [2.24, 2.45) is 13.0 Å². The van der Waals surface area contributed by atoms with E-state index in [9.17, 15) is 0 Å². The molecule has 1 fully saturated rings. The predicted molar refractivity (Wildman–Crippen MR) is 61.8 cm³/mol. The van der Waals surface area contributed by atoms with E-state index in [0.717, 1.165) is 19.0 Å². The zero-order chi connectivity index (χ0) is 10.9. The summed E-state index contributed by atoms with van der Waals surface area (Å²) in [5.74, 6) is 0.772. The van der Waals surface area contributed by atoms with Crippen molar-refractivity contribution in [1.29, 1.82) is 0 Å². The van der Waals surface area contributed by atoms with E-state index in [-0.39, 0.29) is 5.41 Å². The van der Waals surface area contributed by atoms with Crippen molar-refractivity contribution in [1.82, 2.24) is 15.1 Å². The van der Waals surface area contributed by atoms with Crippen LogP contribution in [0.15, 0.2) is 12.3 Å². The summed E-state index contributed by atoms with van der Waals surface area (Å²) in [5, 5.41) is 7.70. The van der Waals surface area contributed by atoms with Crippen LogP contribution in [-0.2, 0) is 12.5 Å². The maximum Gasteiger partial charge on any atom is 0.0492 e. The Kier molecular flexibility index (Phi) is 2.83. The number of rotatable bonds is 2. The van der Waals surface area contributed by atoms with E-state index in [1.807, 2.05) is 17.9 Å². The van der Waals surface area contributed by atoms with Crippen LogP contribution < -0.4 is 5.32 Å². The van der Waals surface area contributed by atoms with Crippen LogP contribution in [0.4, 0.5) is 0 Å². The van der Waals surface area contributed by atoms with Gasteiger partial charge in [0.05, 0.1) is 0 Å². The number of hydrogen-bond acceptors (Lipinski definition) is 2. The summed E-state index contributed by atoms with van der Waals surface area (Å²) < 4.78 is 2.02. The third kappa shape index (κ3) is 1.93. The summed E-state index contributed by atoms with van der Waals surface area (Å²) in [4.78, 5) is 0. The summed E-state index contributed by atoms with van der Waals surface area (Å²) in [7, 11) is 2.04. The van der Waals surface area contributed by atoms with Gasteiger partial charge in [-0.05, 0) is 37.9 Å². The lowest BCUT2D eigenvalue weighted by Gasteiger charge is -2.37. The van der Waals surface area contributed by atoms with Gasteiger partial charge in [0, 0.05) is 24.4 Å². The van der Waals surface area contributed by atoms with Gasteiger partial charge in [-0.15, -0.1) is 0 Å². The van der Waals surface area contributed by atoms with E-state index in [0.29, 0.717) is 0 Å². The van der Waals surface area contributed by atoms with Gasteiger partial charge in [0.1, 0.15) is 0 Å². The van der Waals surface area contributed by atoms with E-state index in [1.54, 1.807) is 0 Å². The normalized spacial score (nSPS) is 19.4. The number of nitrogens with one attached hydrogen (secondary N) is 1. The molecule has 0 atom stereocenters. The number of aromatic nitrogens is 2. The first-order valence-corrected chi connectivity index (χ1v) is 5.81. The fraction of sp³-hybridized carbons (Fsp3) is 0.750. The van der Waals surface area contributed by atoms with Gasteiger partial charge in [-0.1, -0.05) is 13.8 Å². The zero-order valence-corrected chi connectivity index (χ0v) is 9.95. The quantitative estimate of drug-likeness (QED) is 0.800. The highest BCUT2D eigenvalue weighted by Gasteiger charge is 2.33. The first-order chi connectivity index (χ1) is 7.12. The molecule has 1 aromatic heterocycles. The molecule has 1 saturated heterocycles. The van der Waals surface area contributed by atoms with Gasteiger partial charge in [0.15, 0.2) is 0 Å². The summed E-state index contributed by atoms with van der Waals surface area (Å²) in [6.07, 6.45) is 4.45. The van der Waals surface area contributed by atoms with Crippen LogP contribution in [0.5, 0.6) is 0 Å². The molecule has 3 nitrogen and oxygen atoms in total. The Balaban J connectivity index is 2.21. The SMILES string of the molecule is Cn1nccc1C(C)(C)C1CCNCC1. The second-order valence-corrected chi connectivity index (χ2v) is 5.09. The molecule has 0 aromatic carbocycles. The Bertz CT molecular complexity index is 321. The van der Waals surface area contributed by atoms with Gasteiger partial charge in [-0.25, -0.2) is 0 Å². The average Bonchev–Trinajstić information content (AvgIpc) is 2.66. The number of aryl methyl sites for hydroxylation is 1. The molecule has 84 valence electrons. The van der Waals surface area contributed by atoms with Crippen LogP contribution in [0, 0.1) is 5.92 Å². The minimum absolute atomic E-state index is 0.243. The maximum atomic E-state index is 4.28. The van der Waals surface area contributed by atoms with E-state index in [4.69, 9.17) is 0 Å². The van der Waals surface area contributed by atoms with Crippen molar-refractivity contribution in [3.8, 4) is 0 Å². The van der Waals surface area contributed by atoms with Crippen LogP contribution in [0.3, 0.4) is 0 Å². The first-order valence-electron chi connectivity index (χ1n) is 5.81. The highest BCUT2D eigenvalue weighted by molar-refractivity contribution is 5.15. The van der Waals surface area contributed by atoms with Gasteiger partial charge in [0.25, 0.3) is 0 Å². The number of hydrogen-bond donors (Lipinski definition) is 1. The molecule has 1 N–H and O–H groups in total. The van der Waals surface area contributed by atoms with E-state index < -0.39 is 0 Å². The fourth-order valence-electron chi connectivity index (χ4n) is 2.76. The van der Waals surface area contributed by atoms with Gasteiger partial charge < -0.3 is 5.32 Å². The van der Waals surface area contributed by atoms with Crippen LogP contribution in [0.1, 0.15) is 32.4 Å². The zero-order valence-electron chi connectivity index (χ0n) is 9.95. The van der Waals surface area contributed by atoms with Crippen molar-refractivity contribution in [2.45, 2.75) is 32.1 Å². The van der Waals surface area contributed by atoms with Crippen molar-refractivity contribution in [2.75, 3.05) is 13.1 Å². The molecule has 0 spiro atoms. The van der Waals surface area contributed by atoms with Gasteiger partial charge in [0.2, 0.25) is 0 Å². The van der Waals surface area contributed by atoms with Crippen molar-refractivity contribution in [3.05, 3.63) is 18.0 Å². The Morgan fingerprint density at radius 3 is 2.60 bits per heavy atom. The molecule has 0 unspecified atom stereocenters. The number of nitrogens with zero attached hydrogens (tertiary/aromatic N) is 2. The molecule has 0 aliphatic carbocycles. The average molecular weight is 207 g/mol. The second kappa shape index (κ2) is 3.97. The van der Waals surface area contributed by atoms with Crippen LogP contribution in [-0.4, -0.2) is 22.9 Å². The lowest BCUT2D eigenvalue weighted by molar-refractivity contribution is 0.236. The molecule has 2 heterocycles. The summed E-state index contributed by atoms with van der Waals surface area (Å²) in [6, 6.07) is 2.15. The molecule has 0 amide bonds. The van der Waals surface area contributed by atoms with E-state index in [2.05, 4.69) is 30.3 Å². The molecule has 2 rings (SSSR count). The van der Waals surface area contributed by atoms with Crippen LogP contribution in [0.25, 0.3) is 0 Å². The molecule has 1 aliphatic heterocycles. The molecule has 1 aliphatic rings. The minimum Gasteiger partial charge on any atom is -0.317 e. The van der Waals surface area contributed by atoms with Gasteiger partial charge in [-0.3, -0.25) is 4.68 Å². The molecule has 0 bridgehead atoms. The van der Waals surface area contributed by atoms with Crippen LogP contribution >= 0.6 is 0 Å². The maximum absolute atomic E-state index is 4.28. The monoisotopic (exact) mass is 207 g/mol. The highest BCUT2D eigenvalue weighted by Crippen LogP contribution is 2.36. The lowest BCUT2D eigenvalue weighted by atomic mass is 9.72. The smallest absolute Gasteiger partial charge is 0.0492 e. The van der Waals surface area contributed by atoms with E-state index >= 15 is 0 Å². The lowest BCUT2D eigenvalue weighted by Crippen LogP contribution is -2.39. The first kappa shape index (κ1) is 10.7. The third-order valence-electron chi connectivity index (χ3n) is 3.84. The standard InChI is InChI=1S/C12H21N3/c1-12(2,10-4-7-13-8-5-10)11-6-9-14-15(11)3/h6,9-10,13H,4-5,7-8H2,1-3H3. The molecule has 0 saturated carbocycles. The Morgan fingerprint density at radius 1 is 1.40 bits per heavy atom. The van der Waals surface area contributed by atoms with Gasteiger partial charge >= 0.3 is 0 Å². The predicted octanol–water partition coefficient (Wildman–Crippen LogP) is 1.70. The summed E-state index contributed by atoms with van der Waals surface area (Å²) in [6.45, 7) is 7.01. The summed E-state index contributed by atoms with van der Waals surface area (Å²) in [5.41, 5.74) is 1.60. The Labute approximate surface area is 91.9 Å². The molecule has 0 radical (unpaired) electrons. The molecule has 1 aromatic rings. The number of piperidine rings is 1. The molecule has 3 heteroatoms. The fourth-order valence-corrected chi connectivity index (χ4v) is 2.76. The Morgan fingerprint density at radius 2 is 2.07 bits per heavy atom. The minimum atomic E-state index is 0.243. The second-order valence-electron chi connectivity index (χ2n) is 5.09. The highest BCUT2D eigenvalue weighted by atomic mass is 15.3.